The smallest absolute Gasteiger partial charge is 0.203 e. The Morgan fingerprint density at radius 1 is 1.18 bits per heavy atom. The first-order chi connectivity index (χ1) is 5.13. The lowest BCUT2D eigenvalue weighted by molar-refractivity contribution is 0.824. The van der Waals surface area contributed by atoms with Gasteiger partial charge in [-0.15, -0.1) is 0 Å². The monoisotopic (exact) mass is 174 g/mol. The normalized spacial score (nSPS) is 12.5. The van der Waals surface area contributed by atoms with E-state index in [1.807, 2.05) is 0 Å². The van der Waals surface area contributed by atoms with Crippen LogP contribution in [0.25, 0.3) is 0 Å². The van der Waals surface area contributed by atoms with Crippen LogP contribution in [0.1, 0.15) is 27.2 Å². The molecule has 0 atom stereocenters. The Morgan fingerprint density at radius 3 is 1.73 bits per heavy atom. The summed E-state index contributed by atoms with van der Waals surface area (Å²) in [6, 6.07) is 1.32. The highest BCUT2D eigenvalue weighted by molar-refractivity contribution is 6.76. The molecule has 0 rings (SSSR count). The summed E-state index contributed by atoms with van der Waals surface area (Å²) in [5, 5.41) is 0. The molecule has 0 aromatic rings. The van der Waals surface area contributed by atoms with Crippen molar-refractivity contribution in [1.29, 1.82) is 0 Å². The molecule has 0 amide bonds. The van der Waals surface area contributed by atoms with Crippen molar-refractivity contribution in [3.63, 3.8) is 0 Å². The van der Waals surface area contributed by atoms with Crippen molar-refractivity contribution < 1.29 is 0 Å². The highest BCUT2D eigenvalue weighted by atomic mass is 28.3. The molecule has 68 valence electrons. The summed E-state index contributed by atoms with van der Waals surface area (Å²) in [5.41, 5.74) is 0.762. The summed E-state index contributed by atoms with van der Waals surface area (Å²) in [6.07, 6.45) is 1.27. The third kappa shape index (κ3) is 2.58. The Labute approximate surface area is 71.9 Å². The number of hydrogen-bond donors (Lipinski definition) is 2. The Bertz CT molecular complexity index is 100. The van der Waals surface area contributed by atoms with Crippen LogP contribution in [0.5, 0.6) is 0 Å². The second-order valence-corrected chi connectivity index (χ2v) is 7.97. The van der Waals surface area contributed by atoms with E-state index in [9.17, 15) is 0 Å². The first-order valence-corrected chi connectivity index (χ1v) is 6.79. The van der Waals surface area contributed by atoms with E-state index in [0.29, 0.717) is 0 Å². The molecule has 0 aromatic carbocycles. The molecule has 2 N–H and O–H groups in total. The average Bonchev–Trinajstić information content (AvgIpc) is 2.00. The van der Waals surface area contributed by atoms with Gasteiger partial charge in [-0.2, -0.15) is 0 Å². The van der Waals surface area contributed by atoms with E-state index in [1.54, 1.807) is 0 Å². The van der Waals surface area contributed by atoms with Gasteiger partial charge in [-0.25, -0.2) is 0 Å². The van der Waals surface area contributed by atoms with E-state index in [-0.39, 0.29) is 0 Å². The molecule has 0 aliphatic carbocycles. The van der Waals surface area contributed by atoms with Gasteiger partial charge < -0.3 is 9.96 Å². The first-order valence-electron chi connectivity index (χ1n) is 4.50. The Morgan fingerprint density at radius 2 is 1.64 bits per heavy atom. The maximum Gasteiger partial charge on any atom is 0.203 e. The van der Waals surface area contributed by atoms with E-state index in [2.05, 4.69) is 44.8 Å². The number of nitrogens with one attached hydrogen (secondary N) is 2. The minimum atomic E-state index is -1.32. The minimum Gasteiger partial charge on any atom is -0.328 e. The molecular formula is C8H22N2Si. The van der Waals surface area contributed by atoms with Crippen LogP contribution in [0.4, 0.5) is 0 Å². The van der Waals surface area contributed by atoms with Crippen LogP contribution in [-0.4, -0.2) is 22.5 Å². The van der Waals surface area contributed by atoms with E-state index >= 15 is 0 Å². The zero-order valence-electron chi connectivity index (χ0n) is 8.49. The third-order valence-corrected chi connectivity index (χ3v) is 7.57. The lowest BCUT2D eigenvalue weighted by Gasteiger charge is -2.33. The van der Waals surface area contributed by atoms with Crippen LogP contribution in [-0.2, 0) is 0 Å². The van der Waals surface area contributed by atoms with Crippen LogP contribution in [0.15, 0.2) is 0 Å². The third-order valence-electron chi connectivity index (χ3n) is 2.52. The molecule has 0 saturated heterocycles. The highest BCUT2D eigenvalue weighted by Gasteiger charge is 2.32. The van der Waals surface area contributed by atoms with Gasteiger partial charge in [0, 0.05) is 0 Å². The zero-order valence-corrected chi connectivity index (χ0v) is 9.49. The molecule has 0 spiro atoms. The van der Waals surface area contributed by atoms with Gasteiger partial charge in [-0.1, -0.05) is 27.2 Å². The second-order valence-electron chi connectivity index (χ2n) is 3.38. The fourth-order valence-corrected chi connectivity index (χ4v) is 4.91. The van der Waals surface area contributed by atoms with Crippen LogP contribution >= 0.6 is 0 Å². The van der Waals surface area contributed by atoms with Gasteiger partial charge in [-0.3, -0.25) is 0 Å². The molecule has 0 unspecified atom stereocenters. The van der Waals surface area contributed by atoms with Crippen molar-refractivity contribution >= 4 is 8.40 Å². The molecule has 0 aliphatic heterocycles. The van der Waals surface area contributed by atoms with Gasteiger partial charge in [-0.05, 0) is 25.7 Å². The standard InChI is InChI=1S/C8H22N2Si/c1-6-7-11(9-4,10-5)8(2)3/h8-10H,6-7H2,1-5H3. The average molecular weight is 174 g/mol. The predicted octanol–water partition coefficient (Wildman–Crippen LogP) is 1.69. The Kier molecular flexibility index (Phi) is 4.96. The molecule has 3 heteroatoms. The minimum absolute atomic E-state index is 0.762. The summed E-state index contributed by atoms with van der Waals surface area (Å²) in [5.74, 6) is 0. The summed E-state index contributed by atoms with van der Waals surface area (Å²) in [6.45, 7) is 6.85. The summed E-state index contributed by atoms with van der Waals surface area (Å²) >= 11 is 0. The van der Waals surface area contributed by atoms with Crippen molar-refractivity contribution in [2.75, 3.05) is 14.1 Å². The van der Waals surface area contributed by atoms with Crippen LogP contribution in [0, 0.1) is 0 Å². The predicted molar refractivity (Wildman–Crippen MR) is 54.1 cm³/mol. The highest BCUT2D eigenvalue weighted by Crippen LogP contribution is 2.19. The Hall–Kier alpha value is 0.137. The van der Waals surface area contributed by atoms with E-state index in [4.69, 9.17) is 0 Å². The van der Waals surface area contributed by atoms with Crippen LogP contribution < -0.4 is 9.96 Å². The van der Waals surface area contributed by atoms with Gasteiger partial charge >= 0.3 is 0 Å². The largest absolute Gasteiger partial charge is 0.328 e. The molecule has 0 fully saturated rings. The molecule has 0 bridgehead atoms. The molecule has 2 nitrogen and oxygen atoms in total. The van der Waals surface area contributed by atoms with Gasteiger partial charge in [0.05, 0.1) is 0 Å². The quantitative estimate of drug-likeness (QED) is 0.620. The second kappa shape index (κ2) is 4.90. The maximum atomic E-state index is 3.49. The zero-order chi connectivity index (χ0) is 8.91. The van der Waals surface area contributed by atoms with Gasteiger partial charge in [0.1, 0.15) is 0 Å². The molecule has 0 radical (unpaired) electrons. The SMILES string of the molecule is CCC[Si](NC)(NC)C(C)C. The molecule has 0 saturated carbocycles. The van der Waals surface area contributed by atoms with Gasteiger partial charge in [0.15, 0.2) is 0 Å². The van der Waals surface area contributed by atoms with Crippen molar-refractivity contribution in [3.05, 3.63) is 0 Å². The van der Waals surface area contributed by atoms with Gasteiger partial charge in [0.25, 0.3) is 0 Å². The van der Waals surface area contributed by atoms with E-state index in [0.717, 1.165) is 5.54 Å². The fraction of sp³-hybridized carbons (Fsp3) is 1.00. The van der Waals surface area contributed by atoms with Crippen LogP contribution in [0.3, 0.4) is 0 Å². The van der Waals surface area contributed by atoms with Crippen molar-refractivity contribution in [2.24, 2.45) is 0 Å². The maximum absolute atomic E-state index is 3.49. The molecule has 0 aromatic heterocycles. The van der Waals surface area contributed by atoms with Crippen LogP contribution in [0.2, 0.25) is 11.6 Å². The topological polar surface area (TPSA) is 24.1 Å². The lowest BCUT2D eigenvalue weighted by Crippen LogP contribution is -2.61. The first kappa shape index (κ1) is 11.1. The van der Waals surface area contributed by atoms with E-state index in [1.165, 1.54) is 12.5 Å². The molecule has 0 heterocycles. The summed E-state index contributed by atoms with van der Waals surface area (Å²) in [4.78, 5) is 6.99. The van der Waals surface area contributed by atoms with Crippen molar-refractivity contribution in [1.82, 2.24) is 9.96 Å². The van der Waals surface area contributed by atoms with Crippen molar-refractivity contribution in [2.45, 2.75) is 38.8 Å². The lowest BCUT2D eigenvalue weighted by atomic mass is 10.6. The Balaban J connectivity index is 4.20. The molecule has 11 heavy (non-hydrogen) atoms. The summed E-state index contributed by atoms with van der Waals surface area (Å²) < 4.78 is 0. The number of hydrogen-bond acceptors (Lipinski definition) is 2. The van der Waals surface area contributed by atoms with Crippen molar-refractivity contribution in [3.8, 4) is 0 Å². The summed E-state index contributed by atoms with van der Waals surface area (Å²) in [7, 11) is 2.84. The van der Waals surface area contributed by atoms with E-state index < -0.39 is 8.40 Å². The molecule has 0 aliphatic rings. The molecular weight excluding hydrogens is 152 g/mol. The van der Waals surface area contributed by atoms with Gasteiger partial charge in [0.2, 0.25) is 8.40 Å². The number of rotatable bonds is 5. The fourth-order valence-electron chi connectivity index (χ4n) is 1.64.